The highest BCUT2D eigenvalue weighted by molar-refractivity contribution is 8.19. The molecule has 164 valence electrons. The minimum atomic E-state index is -0.367. The van der Waals surface area contributed by atoms with E-state index >= 15 is 0 Å². The fourth-order valence-electron chi connectivity index (χ4n) is 3.65. The molecule has 2 fully saturated rings. The van der Waals surface area contributed by atoms with Gasteiger partial charge in [0, 0.05) is 30.2 Å². The standard InChI is InChI=1S/C23H26FN3O2S2/c1-16-12-21(27-8-2-3-9-27)20(24)13-18(16)14-25-26-22(28)15-29-19-6-4-17(5-7-19)23-30-10-11-31-23/h4-7,12-14,23H,2-3,8-11,15H2,1H3,(H,26,28)/b25-14-. The summed E-state index contributed by atoms with van der Waals surface area (Å²) < 4.78 is 20.5. The van der Waals surface area contributed by atoms with Crippen molar-refractivity contribution in [3.05, 3.63) is 58.9 Å². The number of rotatable bonds is 7. The molecule has 0 aliphatic carbocycles. The Labute approximate surface area is 190 Å². The SMILES string of the molecule is Cc1cc(N2CCCC2)c(F)cc1/C=N\NC(=O)COc1ccc(C2SCCS2)cc1. The number of hydrogen-bond donors (Lipinski definition) is 1. The molecule has 2 heterocycles. The molecule has 0 unspecified atom stereocenters. The van der Waals surface area contributed by atoms with Crippen molar-refractivity contribution in [1.29, 1.82) is 0 Å². The summed E-state index contributed by atoms with van der Waals surface area (Å²) in [6.07, 6.45) is 3.66. The van der Waals surface area contributed by atoms with Gasteiger partial charge in [-0.1, -0.05) is 12.1 Å². The van der Waals surface area contributed by atoms with Crippen LogP contribution in [0.15, 0.2) is 41.5 Å². The molecule has 4 rings (SSSR count). The summed E-state index contributed by atoms with van der Waals surface area (Å²) in [7, 11) is 0. The van der Waals surface area contributed by atoms with Crippen LogP contribution in [0.3, 0.4) is 0 Å². The molecule has 0 aromatic heterocycles. The Kier molecular flexibility index (Phi) is 7.40. The van der Waals surface area contributed by atoms with Gasteiger partial charge in [-0.05, 0) is 55.2 Å². The minimum absolute atomic E-state index is 0.134. The zero-order chi connectivity index (χ0) is 21.6. The highest BCUT2D eigenvalue weighted by Crippen LogP contribution is 2.45. The summed E-state index contributed by atoms with van der Waals surface area (Å²) in [6.45, 7) is 3.56. The highest BCUT2D eigenvalue weighted by Gasteiger charge is 2.18. The number of carbonyl (C=O) groups is 1. The summed E-state index contributed by atoms with van der Waals surface area (Å²) in [5.41, 5.74) is 5.90. The highest BCUT2D eigenvalue weighted by atomic mass is 32.2. The normalized spacial score (nSPS) is 16.9. The number of hydrogen-bond acceptors (Lipinski definition) is 6. The second kappa shape index (κ2) is 10.4. The van der Waals surface area contributed by atoms with Crippen molar-refractivity contribution in [2.24, 2.45) is 5.10 Å². The first-order valence-corrected chi connectivity index (χ1v) is 12.5. The Hall–Kier alpha value is -2.19. The summed E-state index contributed by atoms with van der Waals surface area (Å²) in [4.78, 5) is 14.1. The molecule has 0 saturated carbocycles. The molecule has 2 aliphatic heterocycles. The second-order valence-electron chi connectivity index (χ2n) is 7.58. The molecule has 1 N–H and O–H groups in total. The minimum Gasteiger partial charge on any atom is -0.484 e. The number of nitrogens with zero attached hydrogens (tertiary/aromatic N) is 2. The molecule has 2 aromatic carbocycles. The molecule has 2 aromatic rings. The van der Waals surface area contributed by atoms with Gasteiger partial charge in [-0.3, -0.25) is 4.79 Å². The summed E-state index contributed by atoms with van der Waals surface area (Å²) in [5, 5.41) is 3.96. The lowest BCUT2D eigenvalue weighted by molar-refractivity contribution is -0.123. The lowest BCUT2D eigenvalue weighted by Gasteiger charge is -2.19. The largest absolute Gasteiger partial charge is 0.484 e. The van der Waals surface area contributed by atoms with E-state index in [4.69, 9.17) is 4.74 Å². The van der Waals surface area contributed by atoms with Gasteiger partial charge in [-0.15, -0.1) is 23.5 Å². The maximum Gasteiger partial charge on any atom is 0.277 e. The van der Waals surface area contributed by atoms with Gasteiger partial charge in [0.05, 0.1) is 16.5 Å². The van der Waals surface area contributed by atoms with Gasteiger partial charge < -0.3 is 9.64 Å². The number of halogens is 1. The van der Waals surface area contributed by atoms with Gasteiger partial charge in [-0.2, -0.15) is 5.10 Å². The predicted octanol–water partition coefficient (Wildman–Crippen LogP) is 4.74. The summed E-state index contributed by atoms with van der Waals surface area (Å²) >= 11 is 3.90. The molecule has 2 saturated heterocycles. The van der Waals surface area contributed by atoms with E-state index in [2.05, 4.69) is 15.4 Å². The number of nitrogens with one attached hydrogen (secondary N) is 1. The van der Waals surface area contributed by atoms with Crippen LogP contribution in [0, 0.1) is 12.7 Å². The molecule has 5 nitrogen and oxygen atoms in total. The smallest absolute Gasteiger partial charge is 0.277 e. The van der Waals surface area contributed by atoms with E-state index in [0.717, 1.165) is 31.5 Å². The van der Waals surface area contributed by atoms with E-state index in [0.29, 0.717) is 21.6 Å². The van der Waals surface area contributed by atoms with E-state index in [1.54, 1.807) is 0 Å². The van der Waals surface area contributed by atoms with Crippen LogP contribution in [0.1, 0.15) is 34.1 Å². The first-order chi connectivity index (χ1) is 15.1. The van der Waals surface area contributed by atoms with Crippen molar-refractivity contribution in [3.63, 3.8) is 0 Å². The molecule has 31 heavy (non-hydrogen) atoms. The van der Waals surface area contributed by atoms with Gasteiger partial charge in [-0.25, -0.2) is 9.82 Å². The number of ether oxygens (including phenoxy) is 1. The van der Waals surface area contributed by atoms with E-state index in [-0.39, 0.29) is 18.3 Å². The summed E-state index contributed by atoms with van der Waals surface area (Å²) in [6, 6.07) is 11.2. The molecular weight excluding hydrogens is 433 g/mol. The van der Waals surface area contributed by atoms with Gasteiger partial charge in [0.1, 0.15) is 11.6 Å². The molecule has 2 aliphatic rings. The van der Waals surface area contributed by atoms with E-state index in [1.165, 1.54) is 29.4 Å². The quantitative estimate of drug-likeness (QED) is 0.479. The van der Waals surface area contributed by atoms with Gasteiger partial charge in [0.2, 0.25) is 0 Å². The van der Waals surface area contributed by atoms with Crippen LogP contribution in [0.5, 0.6) is 5.75 Å². The summed E-state index contributed by atoms with van der Waals surface area (Å²) in [5.74, 6) is 2.38. The van der Waals surface area contributed by atoms with E-state index in [1.807, 2.05) is 60.8 Å². The Balaban J connectivity index is 1.27. The van der Waals surface area contributed by atoms with E-state index in [9.17, 15) is 9.18 Å². The number of amides is 1. The molecule has 0 radical (unpaired) electrons. The zero-order valence-electron chi connectivity index (χ0n) is 17.5. The first-order valence-electron chi connectivity index (χ1n) is 10.4. The third-order valence-electron chi connectivity index (χ3n) is 5.32. The van der Waals surface area contributed by atoms with Crippen LogP contribution < -0.4 is 15.1 Å². The van der Waals surface area contributed by atoms with Crippen LogP contribution in [-0.2, 0) is 4.79 Å². The molecule has 8 heteroatoms. The predicted molar refractivity (Wildman–Crippen MR) is 128 cm³/mol. The van der Waals surface area contributed by atoms with Crippen molar-refractivity contribution in [2.45, 2.75) is 24.3 Å². The van der Waals surface area contributed by atoms with Crippen LogP contribution in [0.2, 0.25) is 0 Å². The average Bonchev–Trinajstić information content (AvgIpc) is 3.49. The van der Waals surface area contributed by atoms with Crippen molar-refractivity contribution in [3.8, 4) is 5.75 Å². The Morgan fingerprint density at radius 3 is 2.65 bits per heavy atom. The van der Waals surface area contributed by atoms with Crippen LogP contribution in [0.4, 0.5) is 10.1 Å². The van der Waals surface area contributed by atoms with Gasteiger partial charge >= 0.3 is 0 Å². The maximum atomic E-state index is 14.5. The van der Waals surface area contributed by atoms with Crippen LogP contribution in [0.25, 0.3) is 0 Å². The van der Waals surface area contributed by atoms with Crippen LogP contribution in [-0.4, -0.2) is 43.3 Å². The van der Waals surface area contributed by atoms with Gasteiger partial charge in [0.15, 0.2) is 6.61 Å². The Bertz CT molecular complexity index is 941. The third-order valence-corrected chi connectivity index (χ3v) is 8.42. The van der Waals surface area contributed by atoms with Crippen molar-refractivity contribution >= 4 is 41.3 Å². The first kappa shape index (κ1) is 22.0. The Morgan fingerprint density at radius 2 is 1.94 bits per heavy atom. The monoisotopic (exact) mass is 459 g/mol. The number of aryl methyl sites for hydroxylation is 1. The number of hydrazone groups is 1. The average molecular weight is 460 g/mol. The number of carbonyl (C=O) groups excluding carboxylic acids is 1. The van der Waals surface area contributed by atoms with Crippen molar-refractivity contribution < 1.29 is 13.9 Å². The second-order valence-corrected chi connectivity index (χ2v) is 10.3. The lowest BCUT2D eigenvalue weighted by atomic mass is 10.1. The maximum absolute atomic E-state index is 14.5. The van der Waals surface area contributed by atoms with Crippen LogP contribution >= 0.6 is 23.5 Å². The van der Waals surface area contributed by atoms with E-state index < -0.39 is 0 Å². The zero-order valence-corrected chi connectivity index (χ0v) is 19.1. The third kappa shape index (κ3) is 5.74. The van der Waals surface area contributed by atoms with Crippen molar-refractivity contribution in [1.82, 2.24) is 5.43 Å². The fraction of sp³-hybridized carbons (Fsp3) is 0.391. The number of thioether (sulfide) groups is 2. The Morgan fingerprint density at radius 1 is 1.23 bits per heavy atom. The molecule has 1 amide bonds. The molecule has 0 spiro atoms. The molecule has 0 bridgehead atoms. The lowest BCUT2D eigenvalue weighted by Crippen LogP contribution is -2.24. The molecular formula is C23H26FN3O2S2. The number of anilines is 1. The fourth-order valence-corrected chi connectivity index (χ4v) is 6.51. The topological polar surface area (TPSA) is 53.9 Å². The molecule has 0 atom stereocenters. The van der Waals surface area contributed by atoms with Crippen molar-refractivity contribution in [2.75, 3.05) is 36.1 Å². The van der Waals surface area contributed by atoms with Gasteiger partial charge in [0.25, 0.3) is 5.91 Å². The number of benzene rings is 2.